The third kappa shape index (κ3) is 3.59. The van der Waals surface area contributed by atoms with Crippen molar-refractivity contribution in [2.75, 3.05) is 19.0 Å². The van der Waals surface area contributed by atoms with Gasteiger partial charge >= 0.3 is 0 Å². The molecule has 3 rings (SSSR count). The van der Waals surface area contributed by atoms with E-state index in [0.29, 0.717) is 5.82 Å². The molecule has 1 unspecified atom stereocenters. The highest BCUT2D eigenvalue weighted by Gasteiger charge is 2.21. The molecule has 5 nitrogen and oxygen atoms in total. The third-order valence-electron chi connectivity index (χ3n) is 3.94. The Morgan fingerprint density at radius 3 is 2.56 bits per heavy atom. The number of nitrogens with zero attached hydrogens (tertiary/aromatic N) is 3. The van der Waals surface area contributed by atoms with Crippen LogP contribution in [0, 0.1) is 11.3 Å². The molecule has 1 aromatic heterocycles. The number of allylic oxidation sites excluding steroid dienone is 1. The fourth-order valence-electron chi connectivity index (χ4n) is 2.53. The topological polar surface area (TPSA) is 72.8 Å². The van der Waals surface area contributed by atoms with Gasteiger partial charge in [-0.3, -0.25) is 4.79 Å². The molecule has 1 atom stereocenters. The van der Waals surface area contributed by atoms with Crippen molar-refractivity contribution in [2.45, 2.75) is 5.92 Å². The average molecular weight is 330 g/mol. The summed E-state index contributed by atoms with van der Waals surface area (Å²) >= 11 is 0. The molecule has 0 fully saturated rings. The number of anilines is 1. The average Bonchev–Trinajstić information content (AvgIpc) is 3.04. The fraction of sp³-hybridized carbons (Fsp3) is 0.150. The highest BCUT2D eigenvalue weighted by Crippen LogP contribution is 2.19. The van der Waals surface area contributed by atoms with Gasteiger partial charge in [0.05, 0.1) is 17.1 Å². The molecule has 0 bridgehead atoms. The molecule has 3 aromatic rings. The standard InChI is InChI=1S/C20H18N4O/c1-24(2)15-10-7-14(8-11-15)9-12-19(25)16(13-21)20-22-17-5-3-4-6-18(17)23-20/h3-12,16H,1-2H3,(H,22,23)/b12-9+. The van der Waals surface area contributed by atoms with E-state index in [1.165, 1.54) is 6.08 Å². The molecule has 5 heteroatoms. The Morgan fingerprint density at radius 1 is 1.20 bits per heavy atom. The van der Waals surface area contributed by atoms with Crippen LogP contribution in [0.25, 0.3) is 17.1 Å². The van der Waals surface area contributed by atoms with Gasteiger partial charge in [0.1, 0.15) is 5.82 Å². The Balaban J connectivity index is 1.79. The fourth-order valence-corrected chi connectivity index (χ4v) is 2.53. The van der Waals surface area contributed by atoms with Gasteiger partial charge < -0.3 is 9.88 Å². The zero-order chi connectivity index (χ0) is 17.8. The van der Waals surface area contributed by atoms with E-state index in [2.05, 4.69) is 9.97 Å². The van der Waals surface area contributed by atoms with Crippen LogP contribution in [0.2, 0.25) is 0 Å². The number of H-pyrrole nitrogens is 1. The number of para-hydroxylation sites is 2. The molecule has 2 aromatic carbocycles. The van der Waals surface area contributed by atoms with Crippen LogP contribution >= 0.6 is 0 Å². The largest absolute Gasteiger partial charge is 0.378 e. The smallest absolute Gasteiger partial charge is 0.180 e. The highest BCUT2D eigenvalue weighted by molar-refractivity contribution is 6.00. The van der Waals surface area contributed by atoms with Crippen LogP contribution in [-0.4, -0.2) is 29.8 Å². The van der Waals surface area contributed by atoms with Crippen molar-refractivity contribution in [3.8, 4) is 6.07 Å². The summed E-state index contributed by atoms with van der Waals surface area (Å²) in [6, 6.07) is 17.3. The lowest BCUT2D eigenvalue weighted by Gasteiger charge is -2.11. The number of nitriles is 1. The maximum atomic E-state index is 12.4. The van der Waals surface area contributed by atoms with Crippen molar-refractivity contribution in [2.24, 2.45) is 0 Å². The number of aromatic nitrogens is 2. The van der Waals surface area contributed by atoms with E-state index < -0.39 is 5.92 Å². The van der Waals surface area contributed by atoms with Gasteiger partial charge in [0.25, 0.3) is 0 Å². The molecule has 124 valence electrons. The molecule has 0 amide bonds. The predicted molar refractivity (Wildman–Crippen MR) is 99.3 cm³/mol. The van der Waals surface area contributed by atoms with E-state index in [1.54, 1.807) is 6.08 Å². The lowest BCUT2D eigenvalue weighted by atomic mass is 10.0. The number of carbonyl (C=O) groups excluding carboxylic acids is 1. The maximum absolute atomic E-state index is 12.4. The first-order valence-corrected chi connectivity index (χ1v) is 7.92. The highest BCUT2D eigenvalue weighted by atomic mass is 16.1. The quantitative estimate of drug-likeness (QED) is 0.727. The van der Waals surface area contributed by atoms with Gasteiger partial charge in [0, 0.05) is 19.8 Å². The summed E-state index contributed by atoms with van der Waals surface area (Å²) in [5, 5.41) is 9.40. The molecule has 25 heavy (non-hydrogen) atoms. The van der Waals surface area contributed by atoms with E-state index in [-0.39, 0.29) is 5.78 Å². The van der Waals surface area contributed by atoms with Crippen LogP contribution in [0.1, 0.15) is 17.3 Å². The van der Waals surface area contributed by atoms with Crippen molar-refractivity contribution >= 4 is 28.6 Å². The summed E-state index contributed by atoms with van der Waals surface area (Å²) in [5.74, 6) is -0.857. The molecular weight excluding hydrogens is 312 g/mol. The zero-order valence-electron chi connectivity index (χ0n) is 14.1. The summed E-state index contributed by atoms with van der Waals surface area (Å²) in [4.78, 5) is 21.8. The molecule has 0 saturated carbocycles. The molecule has 0 aliphatic carbocycles. The zero-order valence-corrected chi connectivity index (χ0v) is 14.1. The van der Waals surface area contributed by atoms with E-state index in [9.17, 15) is 10.1 Å². The molecule has 0 radical (unpaired) electrons. The molecule has 1 N–H and O–H groups in total. The van der Waals surface area contributed by atoms with Crippen LogP contribution in [0.3, 0.4) is 0 Å². The molecule has 0 aliphatic rings. The Hall–Kier alpha value is -3.39. The van der Waals surface area contributed by atoms with E-state index >= 15 is 0 Å². The Morgan fingerprint density at radius 2 is 1.92 bits per heavy atom. The predicted octanol–water partition coefficient (Wildman–Crippen LogP) is 3.52. The summed E-state index contributed by atoms with van der Waals surface area (Å²) in [5.41, 5.74) is 3.54. The number of nitrogens with one attached hydrogen (secondary N) is 1. The first kappa shape index (κ1) is 16.5. The normalized spacial score (nSPS) is 12.2. The van der Waals surface area contributed by atoms with Gasteiger partial charge in [-0.1, -0.05) is 30.3 Å². The van der Waals surface area contributed by atoms with Gasteiger partial charge in [0.15, 0.2) is 11.7 Å². The minimum Gasteiger partial charge on any atom is -0.378 e. The number of imidazole rings is 1. The van der Waals surface area contributed by atoms with E-state index in [4.69, 9.17) is 0 Å². The van der Waals surface area contributed by atoms with Gasteiger partial charge in [-0.15, -0.1) is 0 Å². The van der Waals surface area contributed by atoms with Gasteiger partial charge in [0.2, 0.25) is 0 Å². The van der Waals surface area contributed by atoms with Crippen LogP contribution in [0.15, 0.2) is 54.6 Å². The Labute approximate surface area is 146 Å². The number of ketones is 1. The molecule has 0 spiro atoms. The first-order chi connectivity index (χ1) is 12.1. The summed E-state index contributed by atoms with van der Waals surface area (Å²) < 4.78 is 0. The van der Waals surface area contributed by atoms with E-state index in [0.717, 1.165) is 22.3 Å². The van der Waals surface area contributed by atoms with Crippen LogP contribution in [-0.2, 0) is 4.79 Å². The third-order valence-corrected chi connectivity index (χ3v) is 3.94. The van der Waals surface area contributed by atoms with Crippen LogP contribution in [0.5, 0.6) is 0 Å². The second-order valence-electron chi connectivity index (χ2n) is 5.92. The van der Waals surface area contributed by atoms with Crippen molar-refractivity contribution in [3.05, 3.63) is 66.0 Å². The number of hydrogen-bond donors (Lipinski definition) is 1. The Bertz CT molecular complexity index is 928. The van der Waals surface area contributed by atoms with Crippen LogP contribution in [0.4, 0.5) is 5.69 Å². The second kappa shape index (κ2) is 7.02. The number of carbonyl (C=O) groups is 1. The minimum absolute atomic E-state index is 0.293. The summed E-state index contributed by atoms with van der Waals surface area (Å²) in [6.07, 6.45) is 3.15. The van der Waals surface area contributed by atoms with Gasteiger partial charge in [-0.25, -0.2) is 4.98 Å². The Kier molecular flexibility index (Phi) is 4.62. The van der Waals surface area contributed by atoms with Crippen molar-refractivity contribution < 1.29 is 4.79 Å². The second-order valence-corrected chi connectivity index (χ2v) is 5.92. The number of hydrogen-bond acceptors (Lipinski definition) is 4. The van der Waals surface area contributed by atoms with Gasteiger partial charge in [-0.05, 0) is 35.9 Å². The number of rotatable bonds is 5. The first-order valence-electron chi connectivity index (χ1n) is 7.92. The van der Waals surface area contributed by atoms with Crippen molar-refractivity contribution in [1.29, 1.82) is 5.26 Å². The SMILES string of the molecule is CN(C)c1ccc(/C=C/C(=O)C(C#N)c2nc3ccccc3[nH]2)cc1. The monoisotopic (exact) mass is 330 g/mol. The number of aromatic amines is 1. The van der Waals surface area contributed by atoms with Crippen molar-refractivity contribution in [1.82, 2.24) is 9.97 Å². The lowest BCUT2D eigenvalue weighted by Crippen LogP contribution is -2.09. The molecule has 0 saturated heterocycles. The summed E-state index contributed by atoms with van der Waals surface area (Å²) in [6.45, 7) is 0. The van der Waals surface area contributed by atoms with E-state index in [1.807, 2.05) is 73.6 Å². The minimum atomic E-state index is -0.940. The maximum Gasteiger partial charge on any atom is 0.180 e. The lowest BCUT2D eigenvalue weighted by molar-refractivity contribution is -0.114. The van der Waals surface area contributed by atoms with Crippen LogP contribution < -0.4 is 4.90 Å². The number of fused-ring (bicyclic) bond motifs is 1. The van der Waals surface area contributed by atoms with Crippen molar-refractivity contribution in [3.63, 3.8) is 0 Å². The molecule has 1 heterocycles. The summed E-state index contributed by atoms with van der Waals surface area (Å²) in [7, 11) is 3.94. The number of benzene rings is 2. The van der Waals surface area contributed by atoms with Gasteiger partial charge in [-0.2, -0.15) is 5.26 Å². The molecular formula is C20H18N4O. The molecule has 0 aliphatic heterocycles.